The van der Waals surface area contributed by atoms with Crippen molar-refractivity contribution in [1.29, 1.82) is 0 Å². The van der Waals surface area contributed by atoms with Crippen LogP contribution in [-0.2, 0) is 0 Å². The smallest absolute Gasteiger partial charge is 0.322 e. The van der Waals surface area contributed by atoms with Gasteiger partial charge in [-0.2, -0.15) is 0 Å². The number of nitrogens with one attached hydrogen (secondary N) is 1. The summed E-state index contributed by atoms with van der Waals surface area (Å²) in [5, 5.41) is 2.80. The molecular formula is C18H27ClN4O2. The summed E-state index contributed by atoms with van der Waals surface area (Å²) in [7, 11) is 0. The highest BCUT2D eigenvalue weighted by molar-refractivity contribution is 6.00. The fourth-order valence-corrected chi connectivity index (χ4v) is 3.57. The normalized spacial score (nSPS) is 22.4. The molecule has 0 radical (unpaired) electrons. The van der Waals surface area contributed by atoms with Crippen LogP contribution >= 0.6 is 12.4 Å². The van der Waals surface area contributed by atoms with Crippen LogP contribution < -0.4 is 16.0 Å². The van der Waals surface area contributed by atoms with Crippen molar-refractivity contribution in [3.8, 4) is 0 Å². The zero-order chi connectivity index (χ0) is 17.5. The molecule has 3 N–H and O–H groups in total. The molecule has 25 heavy (non-hydrogen) atoms. The van der Waals surface area contributed by atoms with E-state index in [1.807, 2.05) is 30.0 Å². The molecule has 7 heteroatoms. The minimum absolute atomic E-state index is 0. The number of anilines is 1. The SMILES string of the molecule is Cc1c(C(=O)N2CCC(N)C(C)(C)C2)cccc1N1CCNC1=O.Cl. The molecule has 0 spiro atoms. The molecule has 0 aromatic heterocycles. The van der Waals surface area contributed by atoms with Gasteiger partial charge >= 0.3 is 6.03 Å². The van der Waals surface area contributed by atoms with E-state index in [0.29, 0.717) is 31.7 Å². The summed E-state index contributed by atoms with van der Waals surface area (Å²) in [6.07, 6.45) is 0.812. The zero-order valence-corrected chi connectivity index (χ0v) is 15.9. The Hall–Kier alpha value is -1.79. The standard InChI is InChI=1S/C18H26N4O2.ClH/c1-12-13(5-4-6-14(12)22-10-8-20-17(22)24)16(23)21-9-7-15(19)18(2,3)11-21;/h4-6,15H,7-11,19H2,1-3H3,(H,20,24);1H. The topological polar surface area (TPSA) is 78.7 Å². The monoisotopic (exact) mass is 366 g/mol. The van der Waals surface area contributed by atoms with Gasteiger partial charge in [-0.15, -0.1) is 12.4 Å². The number of amides is 3. The van der Waals surface area contributed by atoms with Gasteiger partial charge in [-0.1, -0.05) is 19.9 Å². The average molecular weight is 367 g/mol. The zero-order valence-electron chi connectivity index (χ0n) is 15.0. The molecule has 2 aliphatic heterocycles. The Balaban J connectivity index is 0.00000225. The van der Waals surface area contributed by atoms with Crippen molar-refractivity contribution in [2.45, 2.75) is 33.2 Å². The van der Waals surface area contributed by atoms with Crippen LogP contribution in [-0.4, -0.2) is 49.1 Å². The molecule has 1 atom stereocenters. The third-order valence-electron chi connectivity index (χ3n) is 5.28. The van der Waals surface area contributed by atoms with Gasteiger partial charge in [0.05, 0.1) is 0 Å². The second-order valence-electron chi connectivity index (χ2n) is 7.44. The van der Waals surface area contributed by atoms with Crippen LogP contribution in [0.1, 0.15) is 36.2 Å². The van der Waals surface area contributed by atoms with E-state index >= 15 is 0 Å². The van der Waals surface area contributed by atoms with E-state index in [2.05, 4.69) is 19.2 Å². The molecule has 2 fully saturated rings. The van der Waals surface area contributed by atoms with E-state index in [4.69, 9.17) is 5.73 Å². The van der Waals surface area contributed by atoms with Gasteiger partial charge in [0.25, 0.3) is 5.91 Å². The van der Waals surface area contributed by atoms with Crippen LogP contribution in [0.4, 0.5) is 10.5 Å². The number of hydrogen-bond acceptors (Lipinski definition) is 3. The van der Waals surface area contributed by atoms with Crippen molar-refractivity contribution >= 4 is 30.0 Å². The Bertz CT molecular complexity index is 677. The van der Waals surface area contributed by atoms with Crippen LogP contribution in [0.2, 0.25) is 0 Å². The summed E-state index contributed by atoms with van der Waals surface area (Å²) in [6, 6.07) is 5.60. The number of likely N-dealkylation sites (tertiary alicyclic amines) is 1. The molecule has 0 saturated carbocycles. The third-order valence-corrected chi connectivity index (χ3v) is 5.28. The largest absolute Gasteiger partial charge is 0.338 e. The Kier molecular flexibility index (Phi) is 5.64. The summed E-state index contributed by atoms with van der Waals surface area (Å²) in [5.74, 6) is 0.0222. The van der Waals surface area contributed by atoms with E-state index < -0.39 is 0 Å². The molecule has 2 saturated heterocycles. The van der Waals surface area contributed by atoms with Crippen LogP contribution in [0.25, 0.3) is 0 Å². The van der Waals surface area contributed by atoms with Gasteiger partial charge in [-0.3, -0.25) is 9.69 Å². The van der Waals surface area contributed by atoms with Crippen molar-refractivity contribution in [3.63, 3.8) is 0 Å². The number of carbonyl (C=O) groups excluding carboxylic acids is 2. The molecule has 6 nitrogen and oxygen atoms in total. The highest BCUT2D eigenvalue weighted by Gasteiger charge is 2.36. The van der Waals surface area contributed by atoms with Crippen LogP contribution in [0.5, 0.6) is 0 Å². The number of hydrogen-bond donors (Lipinski definition) is 2. The molecule has 0 aliphatic carbocycles. The van der Waals surface area contributed by atoms with Gasteiger partial charge in [0.1, 0.15) is 0 Å². The predicted molar refractivity (Wildman–Crippen MR) is 101 cm³/mol. The van der Waals surface area contributed by atoms with E-state index in [1.54, 1.807) is 4.90 Å². The van der Waals surface area contributed by atoms with E-state index in [9.17, 15) is 9.59 Å². The number of urea groups is 1. The number of piperidine rings is 1. The van der Waals surface area contributed by atoms with Gasteiger partial charge in [-0.25, -0.2) is 4.79 Å². The van der Waals surface area contributed by atoms with Crippen molar-refractivity contribution in [2.24, 2.45) is 11.1 Å². The second-order valence-corrected chi connectivity index (χ2v) is 7.44. The first kappa shape index (κ1) is 19.5. The van der Waals surface area contributed by atoms with Crippen molar-refractivity contribution in [2.75, 3.05) is 31.1 Å². The molecule has 1 aromatic rings. The summed E-state index contributed by atoms with van der Waals surface area (Å²) < 4.78 is 0. The Morgan fingerprint density at radius 3 is 2.64 bits per heavy atom. The van der Waals surface area contributed by atoms with Crippen LogP contribution in [0.3, 0.4) is 0 Å². The summed E-state index contributed by atoms with van der Waals surface area (Å²) >= 11 is 0. The van der Waals surface area contributed by atoms with E-state index in [-0.39, 0.29) is 35.8 Å². The van der Waals surface area contributed by atoms with Crippen LogP contribution in [0, 0.1) is 12.3 Å². The lowest BCUT2D eigenvalue weighted by molar-refractivity contribution is 0.0532. The molecular weight excluding hydrogens is 340 g/mol. The highest BCUT2D eigenvalue weighted by Crippen LogP contribution is 2.30. The summed E-state index contributed by atoms with van der Waals surface area (Å²) in [4.78, 5) is 28.6. The number of halogens is 1. The van der Waals surface area contributed by atoms with Crippen molar-refractivity contribution in [3.05, 3.63) is 29.3 Å². The first-order chi connectivity index (χ1) is 11.3. The molecule has 3 rings (SSSR count). The van der Waals surface area contributed by atoms with E-state index in [1.165, 1.54) is 0 Å². The fourth-order valence-electron chi connectivity index (χ4n) is 3.57. The van der Waals surface area contributed by atoms with Crippen molar-refractivity contribution in [1.82, 2.24) is 10.2 Å². The van der Waals surface area contributed by atoms with Gasteiger partial charge in [-0.05, 0) is 36.5 Å². The second kappa shape index (κ2) is 7.22. The molecule has 2 heterocycles. The maximum absolute atomic E-state index is 13.0. The first-order valence-electron chi connectivity index (χ1n) is 8.51. The molecule has 1 aromatic carbocycles. The molecule has 2 aliphatic rings. The first-order valence-corrected chi connectivity index (χ1v) is 8.51. The van der Waals surface area contributed by atoms with E-state index in [0.717, 1.165) is 17.7 Å². The number of carbonyl (C=O) groups is 2. The number of rotatable bonds is 2. The number of benzene rings is 1. The lowest BCUT2D eigenvalue weighted by atomic mass is 9.79. The summed E-state index contributed by atoms with van der Waals surface area (Å²) in [5.41, 5.74) is 8.42. The lowest BCUT2D eigenvalue weighted by Gasteiger charge is -2.42. The average Bonchev–Trinajstić information content (AvgIpc) is 2.95. The predicted octanol–water partition coefficient (Wildman–Crippen LogP) is 2.15. The minimum Gasteiger partial charge on any atom is -0.338 e. The maximum atomic E-state index is 13.0. The lowest BCUT2D eigenvalue weighted by Crippen LogP contribution is -2.54. The molecule has 1 unspecified atom stereocenters. The van der Waals surface area contributed by atoms with Gasteiger partial charge in [0.15, 0.2) is 0 Å². The van der Waals surface area contributed by atoms with Crippen LogP contribution in [0.15, 0.2) is 18.2 Å². The Morgan fingerprint density at radius 1 is 1.32 bits per heavy atom. The Labute approximate surface area is 155 Å². The van der Waals surface area contributed by atoms with Gasteiger partial charge in [0.2, 0.25) is 0 Å². The summed E-state index contributed by atoms with van der Waals surface area (Å²) in [6.45, 7) is 8.72. The number of nitrogens with two attached hydrogens (primary N) is 1. The molecule has 3 amide bonds. The highest BCUT2D eigenvalue weighted by atomic mass is 35.5. The fraction of sp³-hybridized carbons (Fsp3) is 0.556. The van der Waals surface area contributed by atoms with Crippen molar-refractivity contribution < 1.29 is 9.59 Å². The molecule has 0 bridgehead atoms. The Morgan fingerprint density at radius 2 is 2.04 bits per heavy atom. The number of nitrogens with zero attached hydrogens (tertiary/aromatic N) is 2. The molecule has 138 valence electrons. The quantitative estimate of drug-likeness (QED) is 0.841. The third kappa shape index (κ3) is 3.60. The van der Waals surface area contributed by atoms with Gasteiger partial charge in [0, 0.05) is 43.5 Å². The van der Waals surface area contributed by atoms with Gasteiger partial charge < -0.3 is 16.0 Å². The minimum atomic E-state index is -0.104. The maximum Gasteiger partial charge on any atom is 0.322 e.